The number of nitrogens with two attached hydrogens (primary N) is 1. The molecule has 10 nitrogen and oxygen atoms in total. The maximum atomic E-state index is 13.7. The molecule has 4 N–H and O–H groups in total. The Morgan fingerprint density at radius 1 is 1.00 bits per heavy atom. The summed E-state index contributed by atoms with van der Waals surface area (Å²) in [6.45, 7) is 0.758. The number of carbonyl (C=O) groups is 1. The first-order valence-electron chi connectivity index (χ1n) is 14.0. The molecule has 6 aromatic rings. The van der Waals surface area contributed by atoms with Crippen LogP contribution >= 0.6 is 0 Å². The molecule has 0 aliphatic carbocycles. The van der Waals surface area contributed by atoms with Crippen LogP contribution in [-0.2, 0) is 11.3 Å². The van der Waals surface area contributed by atoms with Crippen LogP contribution in [0, 0.1) is 5.82 Å². The molecule has 2 aromatic heterocycles. The number of hydrogen-bond donors (Lipinski definition) is 3. The number of aromatic nitrogens is 4. The molecule has 0 radical (unpaired) electrons. The van der Waals surface area contributed by atoms with Gasteiger partial charge in [0.25, 0.3) is 0 Å². The van der Waals surface area contributed by atoms with Crippen molar-refractivity contribution in [3.63, 3.8) is 0 Å². The Balaban J connectivity index is 1.15. The summed E-state index contributed by atoms with van der Waals surface area (Å²) in [7, 11) is 1.57. The second kappa shape index (κ2) is 12.7. The lowest BCUT2D eigenvalue weighted by Gasteiger charge is -2.14. The number of hydrogen-bond acceptors (Lipinski definition) is 8. The number of rotatable bonds is 11. The van der Waals surface area contributed by atoms with Crippen molar-refractivity contribution >= 4 is 50.6 Å². The highest BCUT2D eigenvalue weighted by atomic mass is 19.1. The van der Waals surface area contributed by atoms with Gasteiger partial charge in [-0.3, -0.25) is 9.48 Å². The third kappa shape index (κ3) is 6.36. The second-order valence-corrected chi connectivity index (χ2v) is 10.2. The molecule has 11 heteroatoms. The number of methoxy groups -OCH3 is 1. The summed E-state index contributed by atoms with van der Waals surface area (Å²) >= 11 is 0. The van der Waals surface area contributed by atoms with E-state index in [0.717, 1.165) is 27.5 Å². The van der Waals surface area contributed by atoms with Crippen molar-refractivity contribution < 1.29 is 18.7 Å². The van der Waals surface area contributed by atoms with Crippen molar-refractivity contribution in [1.82, 2.24) is 19.7 Å². The molecule has 0 atom stereocenters. The highest BCUT2D eigenvalue weighted by Gasteiger charge is 2.14. The highest BCUT2D eigenvalue weighted by molar-refractivity contribution is 5.94. The minimum absolute atomic E-state index is 0.145. The van der Waals surface area contributed by atoms with Crippen LogP contribution in [0.2, 0.25) is 0 Å². The molecule has 6 rings (SSSR count). The molecule has 0 saturated carbocycles. The van der Waals surface area contributed by atoms with Gasteiger partial charge in [-0.2, -0.15) is 5.10 Å². The van der Waals surface area contributed by atoms with Gasteiger partial charge in [0.1, 0.15) is 18.0 Å². The first-order chi connectivity index (χ1) is 21.5. The SMILES string of the molecule is COc1cc2ncnc(Nc3ccc4c(cnn4Cc4cccc(F)c4)c3)c2cc1OCCCC(=O)Nc1ccccc1N. The van der Waals surface area contributed by atoms with Gasteiger partial charge >= 0.3 is 0 Å². The zero-order valence-electron chi connectivity index (χ0n) is 24.0. The summed E-state index contributed by atoms with van der Waals surface area (Å²) in [5.74, 6) is 1.21. The number of carbonyl (C=O) groups excluding carboxylic acids is 1. The number of anilines is 4. The molecule has 1 amide bonds. The van der Waals surface area contributed by atoms with Crippen molar-refractivity contribution in [3.05, 3.63) is 103 Å². The molecular weight excluding hydrogens is 561 g/mol. The van der Waals surface area contributed by atoms with Crippen LogP contribution in [0.25, 0.3) is 21.8 Å². The quantitative estimate of drug-likeness (QED) is 0.118. The van der Waals surface area contributed by atoms with Gasteiger partial charge in [-0.15, -0.1) is 0 Å². The molecule has 0 bridgehead atoms. The summed E-state index contributed by atoms with van der Waals surface area (Å²) in [5, 5.41) is 12.4. The predicted octanol–water partition coefficient (Wildman–Crippen LogP) is 6.30. The second-order valence-electron chi connectivity index (χ2n) is 10.2. The standard InChI is InChI=1S/C33H30FN7O3/c1-43-30-17-28-25(16-31(30)44-13-5-10-32(42)40-27-9-3-2-8-26(27)35)33(37-20-36-28)39-24-11-12-29-22(15-24)18-38-41(29)19-21-6-4-7-23(34)14-21/h2-4,6-9,11-12,14-18,20H,5,10,13,19,35H2,1H3,(H,40,42)(H,36,37,39). The molecular formula is C33H30FN7O3. The van der Waals surface area contributed by atoms with Gasteiger partial charge in [-0.25, -0.2) is 14.4 Å². The number of para-hydroxylation sites is 2. The maximum Gasteiger partial charge on any atom is 0.224 e. The number of halogens is 1. The lowest BCUT2D eigenvalue weighted by molar-refractivity contribution is -0.116. The molecule has 44 heavy (non-hydrogen) atoms. The lowest BCUT2D eigenvalue weighted by Crippen LogP contribution is -2.14. The first-order valence-corrected chi connectivity index (χ1v) is 14.0. The normalized spacial score (nSPS) is 11.0. The van der Waals surface area contributed by atoms with Crippen LogP contribution in [0.3, 0.4) is 0 Å². The van der Waals surface area contributed by atoms with Crippen molar-refractivity contribution in [1.29, 1.82) is 0 Å². The van der Waals surface area contributed by atoms with Gasteiger partial charge in [0.2, 0.25) is 5.91 Å². The van der Waals surface area contributed by atoms with Gasteiger partial charge < -0.3 is 25.8 Å². The number of nitrogens with one attached hydrogen (secondary N) is 2. The minimum Gasteiger partial charge on any atom is -0.493 e. The Morgan fingerprint density at radius 3 is 2.73 bits per heavy atom. The number of ether oxygens (including phenoxy) is 2. The molecule has 0 aliphatic rings. The Bertz CT molecular complexity index is 1960. The average Bonchev–Trinajstić information content (AvgIpc) is 3.42. The topological polar surface area (TPSA) is 129 Å². The number of nitrogen functional groups attached to an aromatic ring is 1. The Hall–Kier alpha value is -5.71. The smallest absolute Gasteiger partial charge is 0.224 e. The van der Waals surface area contributed by atoms with E-state index < -0.39 is 0 Å². The maximum absolute atomic E-state index is 13.7. The van der Waals surface area contributed by atoms with E-state index in [1.54, 1.807) is 37.6 Å². The molecule has 0 fully saturated rings. The largest absolute Gasteiger partial charge is 0.493 e. The Labute approximate surface area is 252 Å². The zero-order valence-corrected chi connectivity index (χ0v) is 24.0. The van der Waals surface area contributed by atoms with E-state index in [-0.39, 0.29) is 18.1 Å². The van der Waals surface area contributed by atoms with Crippen LogP contribution in [0.1, 0.15) is 18.4 Å². The van der Waals surface area contributed by atoms with Crippen LogP contribution in [-0.4, -0.2) is 39.4 Å². The number of nitrogens with zero attached hydrogens (tertiary/aromatic N) is 4. The fraction of sp³-hybridized carbons (Fsp3) is 0.152. The fourth-order valence-electron chi connectivity index (χ4n) is 4.91. The van der Waals surface area contributed by atoms with Crippen molar-refractivity contribution in [2.45, 2.75) is 19.4 Å². The summed E-state index contributed by atoms with van der Waals surface area (Å²) in [5.41, 5.74) is 10.3. The summed E-state index contributed by atoms with van der Waals surface area (Å²) in [6, 6.07) is 23.1. The van der Waals surface area contributed by atoms with Gasteiger partial charge in [0, 0.05) is 28.9 Å². The van der Waals surface area contributed by atoms with Crippen LogP contribution in [0.4, 0.5) is 27.3 Å². The van der Waals surface area contributed by atoms with Crippen molar-refractivity contribution in [3.8, 4) is 11.5 Å². The fourth-order valence-corrected chi connectivity index (χ4v) is 4.91. The molecule has 0 unspecified atom stereocenters. The van der Waals surface area contributed by atoms with Crippen molar-refractivity contribution in [2.75, 3.05) is 30.1 Å². The van der Waals surface area contributed by atoms with E-state index in [0.29, 0.717) is 53.8 Å². The van der Waals surface area contributed by atoms with E-state index in [1.165, 1.54) is 18.5 Å². The van der Waals surface area contributed by atoms with E-state index in [9.17, 15) is 9.18 Å². The third-order valence-corrected chi connectivity index (χ3v) is 7.09. The summed E-state index contributed by atoms with van der Waals surface area (Å²) < 4.78 is 27.1. The van der Waals surface area contributed by atoms with Gasteiger partial charge in [0.05, 0.1) is 48.9 Å². The first kappa shape index (κ1) is 28.4. The summed E-state index contributed by atoms with van der Waals surface area (Å²) in [4.78, 5) is 21.3. The van der Waals surface area contributed by atoms with Crippen LogP contribution < -0.4 is 25.8 Å². The zero-order chi connectivity index (χ0) is 30.5. The van der Waals surface area contributed by atoms with E-state index in [1.807, 2.05) is 47.1 Å². The monoisotopic (exact) mass is 591 g/mol. The average molecular weight is 592 g/mol. The number of fused-ring (bicyclic) bond motifs is 2. The Kier molecular flexibility index (Phi) is 8.17. The molecule has 4 aromatic carbocycles. The van der Waals surface area contributed by atoms with E-state index in [4.69, 9.17) is 15.2 Å². The van der Waals surface area contributed by atoms with Crippen molar-refractivity contribution in [2.24, 2.45) is 0 Å². The highest BCUT2D eigenvalue weighted by Crippen LogP contribution is 2.35. The predicted molar refractivity (Wildman–Crippen MR) is 169 cm³/mol. The Morgan fingerprint density at radius 2 is 1.89 bits per heavy atom. The van der Waals surface area contributed by atoms with Gasteiger partial charge in [-0.05, 0) is 60.5 Å². The molecule has 222 valence electrons. The molecule has 2 heterocycles. The van der Waals surface area contributed by atoms with Crippen LogP contribution in [0.5, 0.6) is 11.5 Å². The number of amides is 1. The summed E-state index contributed by atoms with van der Waals surface area (Å²) in [6.07, 6.45) is 4.02. The molecule has 0 aliphatic heterocycles. The van der Waals surface area contributed by atoms with E-state index >= 15 is 0 Å². The molecule has 0 saturated heterocycles. The number of benzene rings is 4. The minimum atomic E-state index is -0.272. The van der Waals surface area contributed by atoms with E-state index in [2.05, 4.69) is 25.7 Å². The third-order valence-electron chi connectivity index (χ3n) is 7.09. The van der Waals surface area contributed by atoms with Gasteiger partial charge in [0.15, 0.2) is 11.5 Å². The van der Waals surface area contributed by atoms with Crippen LogP contribution in [0.15, 0.2) is 91.4 Å². The lowest BCUT2D eigenvalue weighted by atomic mass is 10.2. The van der Waals surface area contributed by atoms with Gasteiger partial charge in [-0.1, -0.05) is 24.3 Å². The molecule has 0 spiro atoms.